The van der Waals surface area contributed by atoms with Crippen LogP contribution in [0.2, 0.25) is 0 Å². The molecule has 2 heterocycles. The van der Waals surface area contributed by atoms with Crippen LogP contribution in [0.15, 0.2) is 46.1 Å². The molecule has 1 aliphatic rings. The highest BCUT2D eigenvalue weighted by molar-refractivity contribution is 8.26. The van der Waals surface area contributed by atoms with Gasteiger partial charge in [-0.05, 0) is 48.1 Å². The van der Waals surface area contributed by atoms with Crippen molar-refractivity contribution in [2.75, 3.05) is 14.2 Å². The summed E-state index contributed by atoms with van der Waals surface area (Å²) in [5, 5.41) is 11.0. The second-order valence-corrected chi connectivity index (χ2v) is 9.42. The number of carbonyl (C=O) groups is 2. The molecule has 2 N–H and O–H groups in total. The van der Waals surface area contributed by atoms with E-state index in [2.05, 4.69) is 5.43 Å². The molecule has 9 nitrogen and oxygen atoms in total. The van der Waals surface area contributed by atoms with Crippen LogP contribution in [0.4, 0.5) is 0 Å². The van der Waals surface area contributed by atoms with E-state index in [1.165, 1.54) is 30.9 Å². The molecule has 0 bridgehead atoms. The fourth-order valence-electron chi connectivity index (χ4n) is 3.18. The van der Waals surface area contributed by atoms with Crippen LogP contribution in [0.5, 0.6) is 17.2 Å². The van der Waals surface area contributed by atoms with Crippen molar-refractivity contribution in [3.8, 4) is 17.2 Å². The minimum Gasteiger partial charge on any atom is -0.502 e. The van der Waals surface area contributed by atoms with Gasteiger partial charge < -0.3 is 14.6 Å². The number of methoxy groups -OCH3 is 2. The van der Waals surface area contributed by atoms with E-state index in [0.29, 0.717) is 11.1 Å². The molecule has 12 heteroatoms. The number of aromatic nitrogens is 1. The highest BCUT2D eigenvalue weighted by Crippen LogP contribution is 2.39. The van der Waals surface area contributed by atoms with E-state index >= 15 is 0 Å². The van der Waals surface area contributed by atoms with Crippen LogP contribution >= 0.6 is 35.3 Å². The van der Waals surface area contributed by atoms with Crippen LogP contribution < -0.4 is 19.8 Å². The molecule has 2 amide bonds. The minimum atomic E-state index is -0.564. The Kier molecular flexibility index (Phi) is 6.40. The Morgan fingerprint density at radius 3 is 2.52 bits per heavy atom. The van der Waals surface area contributed by atoms with Gasteiger partial charge in [0.05, 0.1) is 29.3 Å². The molecule has 1 saturated heterocycles. The zero-order valence-electron chi connectivity index (χ0n) is 17.4. The Morgan fingerprint density at radius 1 is 1.18 bits per heavy atom. The predicted molar refractivity (Wildman–Crippen MR) is 130 cm³/mol. The van der Waals surface area contributed by atoms with Gasteiger partial charge in [0.15, 0.2) is 15.8 Å². The number of hydrogen-bond donors (Lipinski definition) is 2. The van der Waals surface area contributed by atoms with E-state index in [1.54, 1.807) is 24.3 Å². The van der Waals surface area contributed by atoms with Gasteiger partial charge in [-0.15, -0.1) is 0 Å². The molecule has 170 valence electrons. The lowest BCUT2D eigenvalue weighted by atomic mass is 10.1. The molecule has 1 aliphatic heterocycles. The topological polar surface area (TPSA) is 110 Å². The molecule has 0 atom stereocenters. The molecule has 0 radical (unpaired) electrons. The average molecular weight is 504 g/mol. The van der Waals surface area contributed by atoms with Crippen LogP contribution in [0.25, 0.3) is 16.3 Å². The summed E-state index contributed by atoms with van der Waals surface area (Å²) in [6.45, 7) is -0.259. The first kappa shape index (κ1) is 22.8. The molecule has 1 fully saturated rings. The number of thioether (sulfide) groups is 1. The molecule has 1 aromatic heterocycles. The Bertz CT molecular complexity index is 1350. The third-order valence-corrected chi connectivity index (χ3v) is 6.97. The first-order valence-corrected chi connectivity index (χ1v) is 11.5. The summed E-state index contributed by atoms with van der Waals surface area (Å²) in [6, 6.07) is 10.2. The molecule has 0 saturated carbocycles. The summed E-state index contributed by atoms with van der Waals surface area (Å²) in [6.07, 6.45) is 1.55. The SMILES string of the molecule is COc1cc(/C=C2\SC(=S)N(NC(=O)Cn3c(=O)sc4ccccc43)C2=O)cc(OC)c1O. The number of nitrogens with zero attached hydrogens (tertiary/aromatic N) is 2. The van der Waals surface area contributed by atoms with Gasteiger partial charge in [-0.2, -0.15) is 5.01 Å². The first-order chi connectivity index (χ1) is 15.8. The van der Waals surface area contributed by atoms with Crippen molar-refractivity contribution < 1.29 is 24.2 Å². The van der Waals surface area contributed by atoms with Gasteiger partial charge in [-0.3, -0.25) is 24.4 Å². The predicted octanol–water partition coefficient (Wildman–Crippen LogP) is 2.72. The molecule has 0 unspecified atom stereocenters. The molecule has 0 spiro atoms. The Balaban J connectivity index is 1.53. The maximum atomic E-state index is 12.9. The van der Waals surface area contributed by atoms with E-state index in [9.17, 15) is 19.5 Å². The lowest BCUT2D eigenvalue weighted by molar-refractivity contribution is -0.133. The average Bonchev–Trinajstić information content (AvgIpc) is 3.25. The summed E-state index contributed by atoms with van der Waals surface area (Å²) in [7, 11) is 2.80. The number of benzene rings is 2. The van der Waals surface area contributed by atoms with Gasteiger partial charge in [0, 0.05) is 0 Å². The Hall–Kier alpha value is -3.35. The smallest absolute Gasteiger partial charge is 0.308 e. The van der Waals surface area contributed by atoms with Crippen LogP contribution in [-0.4, -0.2) is 45.0 Å². The number of fused-ring (bicyclic) bond motifs is 1. The van der Waals surface area contributed by atoms with Gasteiger partial charge in [-0.1, -0.05) is 35.2 Å². The molecule has 3 aromatic rings. The summed E-state index contributed by atoms with van der Waals surface area (Å²) in [4.78, 5) is 37.7. The maximum absolute atomic E-state index is 12.9. The maximum Gasteiger partial charge on any atom is 0.308 e. The highest BCUT2D eigenvalue weighted by atomic mass is 32.2. The number of thiazole rings is 1. The molecule has 2 aromatic carbocycles. The van der Waals surface area contributed by atoms with Crippen LogP contribution in [0, 0.1) is 0 Å². The number of phenols is 1. The quantitative estimate of drug-likeness (QED) is 0.390. The summed E-state index contributed by atoms with van der Waals surface area (Å²) >= 11 is 7.30. The summed E-state index contributed by atoms with van der Waals surface area (Å²) in [5.74, 6) is -0.887. The third kappa shape index (κ3) is 4.45. The number of nitrogens with one attached hydrogen (secondary N) is 1. The fourth-order valence-corrected chi connectivity index (χ4v) is 5.25. The summed E-state index contributed by atoms with van der Waals surface area (Å²) < 4.78 is 12.5. The fraction of sp³-hybridized carbons (Fsp3) is 0.143. The number of carbonyl (C=O) groups excluding carboxylic acids is 2. The first-order valence-electron chi connectivity index (χ1n) is 9.43. The number of para-hydroxylation sites is 1. The number of thiocarbonyl (C=S) groups is 1. The standard InChI is InChI=1S/C21H17N3O6S3/c1-29-13-7-11(8-14(30-2)18(13)26)9-16-19(27)24(21(31)33-16)22-17(25)10-23-12-5-3-4-6-15(12)32-20(23)28/h3-9,26H,10H2,1-2H3,(H,22,25)/b16-9-. The van der Waals surface area contributed by atoms with Crippen molar-refractivity contribution in [2.45, 2.75) is 6.54 Å². The molecule has 0 aliphatic carbocycles. The normalized spacial score (nSPS) is 14.8. The molecular formula is C21H17N3O6S3. The minimum absolute atomic E-state index is 0.139. The highest BCUT2D eigenvalue weighted by Gasteiger charge is 2.34. The number of hydrazine groups is 1. The van der Waals surface area contributed by atoms with Gasteiger partial charge in [-0.25, -0.2) is 0 Å². The van der Waals surface area contributed by atoms with Gasteiger partial charge in [0.25, 0.3) is 11.8 Å². The van der Waals surface area contributed by atoms with Crippen molar-refractivity contribution in [3.63, 3.8) is 0 Å². The Morgan fingerprint density at radius 2 is 1.85 bits per heavy atom. The number of amides is 2. The van der Waals surface area contributed by atoms with Crippen molar-refractivity contribution in [1.82, 2.24) is 15.0 Å². The van der Waals surface area contributed by atoms with Crippen LogP contribution in [0.1, 0.15) is 5.56 Å². The van der Waals surface area contributed by atoms with E-state index in [0.717, 1.165) is 32.8 Å². The van der Waals surface area contributed by atoms with E-state index in [1.807, 2.05) is 6.07 Å². The lowest BCUT2D eigenvalue weighted by Gasteiger charge is -2.15. The van der Waals surface area contributed by atoms with Crippen LogP contribution in [0.3, 0.4) is 0 Å². The van der Waals surface area contributed by atoms with Gasteiger partial charge in [0.2, 0.25) is 5.75 Å². The van der Waals surface area contributed by atoms with Gasteiger partial charge >= 0.3 is 4.87 Å². The summed E-state index contributed by atoms with van der Waals surface area (Å²) in [5.41, 5.74) is 3.65. The molecular weight excluding hydrogens is 486 g/mol. The van der Waals surface area contributed by atoms with E-state index in [-0.39, 0.29) is 37.9 Å². The molecule has 33 heavy (non-hydrogen) atoms. The van der Waals surface area contributed by atoms with Gasteiger partial charge in [0.1, 0.15) is 6.54 Å². The second kappa shape index (κ2) is 9.25. The lowest BCUT2D eigenvalue weighted by Crippen LogP contribution is -2.46. The van der Waals surface area contributed by atoms with Crippen molar-refractivity contribution in [2.24, 2.45) is 0 Å². The number of ether oxygens (including phenoxy) is 2. The largest absolute Gasteiger partial charge is 0.502 e. The zero-order chi connectivity index (χ0) is 23.7. The third-order valence-electron chi connectivity index (χ3n) is 4.71. The van der Waals surface area contributed by atoms with E-state index in [4.69, 9.17) is 21.7 Å². The molecule has 4 rings (SSSR count). The van der Waals surface area contributed by atoms with Crippen LogP contribution in [-0.2, 0) is 16.1 Å². The zero-order valence-corrected chi connectivity index (χ0v) is 19.8. The number of hydrogen-bond acceptors (Lipinski definition) is 9. The second-order valence-electron chi connectivity index (χ2n) is 6.75. The number of aromatic hydroxyl groups is 1. The monoisotopic (exact) mass is 503 g/mol. The van der Waals surface area contributed by atoms with Crippen molar-refractivity contribution in [1.29, 1.82) is 0 Å². The Labute approximate surface area is 201 Å². The van der Waals surface area contributed by atoms with E-state index < -0.39 is 11.8 Å². The van der Waals surface area contributed by atoms with Crippen molar-refractivity contribution >= 4 is 67.7 Å². The number of phenolic OH excluding ortho intramolecular Hbond substituents is 1. The van der Waals surface area contributed by atoms with Crippen molar-refractivity contribution in [3.05, 3.63) is 56.5 Å². The number of rotatable bonds is 6.